The number of rotatable bonds is 4. The summed E-state index contributed by atoms with van der Waals surface area (Å²) < 4.78 is 0. The van der Waals surface area contributed by atoms with E-state index in [-0.39, 0.29) is 0 Å². The third-order valence-electron chi connectivity index (χ3n) is 2.42. The van der Waals surface area contributed by atoms with Gasteiger partial charge in [-0.15, -0.1) is 0 Å². The van der Waals surface area contributed by atoms with E-state index in [1.54, 1.807) is 6.07 Å². The SMILES string of the molecule is O=CCNC(=C1CC1)c1ccc(Cl)c(Cl)c1. The first-order valence-electron chi connectivity index (χ1n) is 5.07. The van der Waals surface area contributed by atoms with Crippen LogP contribution in [-0.2, 0) is 4.79 Å². The van der Waals surface area contributed by atoms with E-state index < -0.39 is 0 Å². The van der Waals surface area contributed by atoms with Crippen molar-refractivity contribution in [3.63, 3.8) is 0 Å². The van der Waals surface area contributed by atoms with Gasteiger partial charge in [-0.3, -0.25) is 0 Å². The molecule has 0 amide bonds. The summed E-state index contributed by atoms with van der Waals surface area (Å²) in [6, 6.07) is 5.50. The number of carbonyl (C=O) groups excluding carboxylic acids is 1. The largest absolute Gasteiger partial charge is 0.378 e. The molecule has 0 aromatic heterocycles. The second-order valence-electron chi connectivity index (χ2n) is 3.66. The summed E-state index contributed by atoms with van der Waals surface area (Å²) in [6.07, 6.45) is 3.02. The van der Waals surface area contributed by atoms with Gasteiger partial charge in [-0.05, 0) is 36.1 Å². The molecule has 0 saturated heterocycles. The van der Waals surface area contributed by atoms with E-state index in [4.69, 9.17) is 23.2 Å². The Hall–Kier alpha value is -0.990. The molecule has 16 heavy (non-hydrogen) atoms. The van der Waals surface area contributed by atoms with Crippen LogP contribution in [0.2, 0.25) is 10.0 Å². The Bertz CT molecular complexity index is 448. The topological polar surface area (TPSA) is 29.1 Å². The molecule has 1 N–H and O–H groups in total. The molecule has 4 heteroatoms. The predicted molar refractivity (Wildman–Crippen MR) is 66.7 cm³/mol. The molecule has 84 valence electrons. The molecule has 0 spiro atoms. The predicted octanol–water partition coefficient (Wildman–Crippen LogP) is 3.29. The lowest BCUT2D eigenvalue weighted by molar-refractivity contribution is -0.107. The van der Waals surface area contributed by atoms with Gasteiger partial charge < -0.3 is 10.1 Å². The van der Waals surface area contributed by atoms with Gasteiger partial charge in [0.2, 0.25) is 0 Å². The van der Waals surface area contributed by atoms with E-state index >= 15 is 0 Å². The molecular formula is C12H11Cl2NO. The Morgan fingerprint density at radius 2 is 2.06 bits per heavy atom. The highest BCUT2D eigenvalue weighted by molar-refractivity contribution is 6.42. The second kappa shape index (κ2) is 4.89. The lowest BCUT2D eigenvalue weighted by Crippen LogP contribution is -2.14. The Kier molecular flexibility index (Phi) is 3.52. The Labute approximate surface area is 104 Å². The molecule has 0 heterocycles. The van der Waals surface area contributed by atoms with E-state index in [1.165, 1.54) is 5.57 Å². The van der Waals surface area contributed by atoms with Crippen LogP contribution in [-0.4, -0.2) is 12.8 Å². The van der Waals surface area contributed by atoms with Crippen molar-refractivity contribution in [2.45, 2.75) is 12.8 Å². The molecule has 0 atom stereocenters. The van der Waals surface area contributed by atoms with Crippen LogP contribution in [0.4, 0.5) is 0 Å². The minimum atomic E-state index is 0.319. The van der Waals surface area contributed by atoms with Gasteiger partial charge in [0.15, 0.2) is 0 Å². The first kappa shape index (κ1) is 11.5. The van der Waals surface area contributed by atoms with Crippen LogP contribution in [0.15, 0.2) is 23.8 Å². The number of benzene rings is 1. The molecule has 0 aliphatic heterocycles. The molecule has 0 bridgehead atoms. The molecule has 1 saturated carbocycles. The Morgan fingerprint density at radius 1 is 1.31 bits per heavy atom. The number of carbonyl (C=O) groups is 1. The highest BCUT2D eigenvalue weighted by Gasteiger charge is 2.19. The smallest absolute Gasteiger partial charge is 0.139 e. The first-order chi connectivity index (χ1) is 7.72. The van der Waals surface area contributed by atoms with Crippen LogP contribution in [0.5, 0.6) is 0 Å². The van der Waals surface area contributed by atoms with E-state index in [9.17, 15) is 4.79 Å². The normalized spacial score (nSPS) is 13.5. The third kappa shape index (κ3) is 2.57. The summed E-state index contributed by atoms with van der Waals surface area (Å²) in [5.41, 5.74) is 3.34. The Balaban J connectivity index is 2.29. The number of nitrogens with one attached hydrogen (secondary N) is 1. The van der Waals surface area contributed by atoms with Crippen LogP contribution in [0, 0.1) is 0 Å². The van der Waals surface area contributed by atoms with Crippen LogP contribution in [0.25, 0.3) is 5.70 Å². The average molecular weight is 256 g/mol. The van der Waals surface area contributed by atoms with Gasteiger partial charge in [0, 0.05) is 5.70 Å². The summed E-state index contributed by atoms with van der Waals surface area (Å²) >= 11 is 11.8. The van der Waals surface area contributed by atoms with Crippen LogP contribution in [0.3, 0.4) is 0 Å². The van der Waals surface area contributed by atoms with Crippen molar-refractivity contribution >= 4 is 35.2 Å². The minimum Gasteiger partial charge on any atom is -0.378 e. The van der Waals surface area contributed by atoms with Gasteiger partial charge in [-0.25, -0.2) is 0 Å². The van der Waals surface area contributed by atoms with Gasteiger partial charge in [0.05, 0.1) is 16.6 Å². The molecule has 2 rings (SSSR count). The van der Waals surface area contributed by atoms with Crippen LogP contribution >= 0.6 is 23.2 Å². The zero-order valence-corrected chi connectivity index (χ0v) is 10.1. The minimum absolute atomic E-state index is 0.319. The monoisotopic (exact) mass is 255 g/mol. The summed E-state index contributed by atoms with van der Waals surface area (Å²) in [5, 5.41) is 4.18. The zero-order chi connectivity index (χ0) is 11.5. The second-order valence-corrected chi connectivity index (χ2v) is 4.47. The van der Waals surface area contributed by atoms with Crippen molar-refractivity contribution in [2.24, 2.45) is 0 Å². The lowest BCUT2D eigenvalue weighted by Gasteiger charge is -2.09. The first-order valence-corrected chi connectivity index (χ1v) is 5.83. The van der Waals surface area contributed by atoms with Crippen molar-refractivity contribution < 1.29 is 4.79 Å². The van der Waals surface area contributed by atoms with E-state index in [0.717, 1.165) is 30.4 Å². The third-order valence-corrected chi connectivity index (χ3v) is 3.16. The summed E-state index contributed by atoms with van der Waals surface area (Å²) in [7, 11) is 0. The van der Waals surface area contributed by atoms with Gasteiger partial charge >= 0.3 is 0 Å². The molecule has 1 fully saturated rings. The maximum Gasteiger partial charge on any atom is 0.139 e. The van der Waals surface area contributed by atoms with Gasteiger partial charge in [-0.1, -0.05) is 29.3 Å². The standard InChI is InChI=1S/C12H11Cl2NO/c13-10-4-3-9(7-11(10)14)12(8-1-2-8)15-5-6-16/h3-4,6-7,15H,1-2,5H2. The fraction of sp³-hybridized carbons (Fsp3) is 0.250. The number of halogens is 2. The summed E-state index contributed by atoms with van der Waals surface area (Å²) in [4.78, 5) is 10.4. The van der Waals surface area contributed by atoms with Gasteiger partial charge in [0.25, 0.3) is 0 Å². The van der Waals surface area contributed by atoms with Crippen molar-refractivity contribution in [1.29, 1.82) is 0 Å². The average Bonchev–Trinajstić information content (AvgIpc) is 3.08. The zero-order valence-electron chi connectivity index (χ0n) is 8.59. The van der Waals surface area contributed by atoms with Gasteiger partial charge in [0.1, 0.15) is 6.29 Å². The van der Waals surface area contributed by atoms with Crippen LogP contribution in [0.1, 0.15) is 18.4 Å². The molecule has 1 aromatic rings. The lowest BCUT2D eigenvalue weighted by atomic mass is 10.1. The maximum absolute atomic E-state index is 10.4. The van der Waals surface area contributed by atoms with Crippen molar-refractivity contribution in [3.05, 3.63) is 39.4 Å². The molecule has 1 aliphatic carbocycles. The fourth-order valence-corrected chi connectivity index (χ4v) is 1.84. The molecule has 0 radical (unpaired) electrons. The van der Waals surface area contributed by atoms with E-state index in [2.05, 4.69) is 5.32 Å². The number of allylic oxidation sites excluding steroid dienone is 1. The van der Waals surface area contributed by atoms with Crippen LogP contribution < -0.4 is 5.32 Å². The van der Waals surface area contributed by atoms with Gasteiger partial charge in [-0.2, -0.15) is 0 Å². The number of hydrogen-bond acceptors (Lipinski definition) is 2. The number of hydrogen-bond donors (Lipinski definition) is 1. The fourth-order valence-electron chi connectivity index (χ4n) is 1.54. The van der Waals surface area contributed by atoms with Crippen molar-refractivity contribution in [3.8, 4) is 0 Å². The molecular weight excluding hydrogens is 245 g/mol. The quantitative estimate of drug-likeness (QED) is 0.837. The highest BCUT2D eigenvalue weighted by atomic mass is 35.5. The summed E-state index contributed by atoms with van der Waals surface area (Å²) in [6.45, 7) is 0.319. The maximum atomic E-state index is 10.4. The molecule has 1 aromatic carbocycles. The highest BCUT2D eigenvalue weighted by Crippen LogP contribution is 2.36. The number of aldehydes is 1. The Morgan fingerprint density at radius 3 is 2.62 bits per heavy atom. The van der Waals surface area contributed by atoms with Crippen molar-refractivity contribution in [2.75, 3.05) is 6.54 Å². The van der Waals surface area contributed by atoms with Crippen molar-refractivity contribution in [1.82, 2.24) is 5.32 Å². The van der Waals surface area contributed by atoms with E-state index in [0.29, 0.717) is 16.6 Å². The van der Waals surface area contributed by atoms with E-state index in [1.807, 2.05) is 12.1 Å². The summed E-state index contributed by atoms with van der Waals surface area (Å²) in [5.74, 6) is 0. The molecule has 0 unspecified atom stereocenters. The molecule has 2 nitrogen and oxygen atoms in total. The molecule has 1 aliphatic rings.